The van der Waals surface area contributed by atoms with Crippen LogP contribution in [0.2, 0.25) is 0 Å². The number of imidazole rings is 1. The molecule has 2 aromatic rings. The van der Waals surface area contributed by atoms with E-state index in [1.54, 1.807) is 6.92 Å². The van der Waals surface area contributed by atoms with E-state index < -0.39 is 32.4 Å². The monoisotopic (exact) mass is 345 g/mol. The van der Waals surface area contributed by atoms with Gasteiger partial charge in [-0.3, -0.25) is 13.6 Å². The van der Waals surface area contributed by atoms with Gasteiger partial charge in [-0.15, -0.1) is 0 Å². The van der Waals surface area contributed by atoms with Crippen LogP contribution in [0, 0.1) is 0 Å². The number of fused-ring (bicyclic) bond motifs is 1. The normalized spacial score (nSPS) is 30.6. The Morgan fingerprint density at radius 2 is 2.17 bits per heavy atom. The highest BCUT2D eigenvalue weighted by molar-refractivity contribution is 7.47. The van der Waals surface area contributed by atoms with Crippen molar-refractivity contribution in [2.75, 3.05) is 12.8 Å². The van der Waals surface area contributed by atoms with Gasteiger partial charge >= 0.3 is 7.82 Å². The second-order valence-electron chi connectivity index (χ2n) is 5.03. The van der Waals surface area contributed by atoms with Crippen LogP contribution in [-0.2, 0) is 18.3 Å². The summed E-state index contributed by atoms with van der Waals surface area (Å²) in [6.07, 6.45) is -1.22. The summed E-state index contributed by atoms with van der Waals surface area (Å²) >= 11 is 0. The van der Waals surface area contributed by atoms with Gasteiger partial charge in [0.1, 0.15) is 24.1 Å². The average Bonchev–Trinajstić information content (AvgIpc) is 3.04. The van der Waals surface area contributed by atoms with Crippen LogP contribution < -0.4 is 5.73 Å². The summed E-state index contributed by atoms with van der Waals surface area (Å²) in [5.41, 5.74) is 6.45. The Balaban J connectivity index is 1.92. The number of nitrogen functional groups attached to an aromatic ring is 1. The van der Waals surface area contributed by atoms with Crippen LogP contribution >= 0.6 is 7.82 Å². The molecule has 11 nitrogen and oxygen atoms in total. The lowest BCUT2D eigenvalue weighted by molar-refractivity contribution is -0.0299. The number of phosphoric ester groups is 1. The zero-order valence-corrected chi connectivity index (χ0v) is 13.2. The maximum absolute atomic E-state index is 11.6. The summed E-state index contributed by atoms with van der Waals surface area (Å²) in [5.74, 6) is 0.196. The fraction of sp³-hybridized carbons (Fsp3) is 0.545. The molecule has 0 amide bonds. The third-order valence-electron chi connectivity index (χ3n) is 3.59. The highest BCUT2D eigenvalue weighted by Gasteiger charge is 2.47. The number of nitrogens with two attached hydrogens (primary N) is 1. The summed E-state index contributed by atoms with van der Waals surface area (Å²) in [5, 5.41) is 10.4. The molecule has 3 rings (SSSR count). The molecule has 5 atom stereocenters. The summed E-state index contributed by atoms with van der Waals surface area (Å²) < 4.78 is 28.0. The Morgan fingerprint density at radius 3 is 2.87 bits per heavy atom. The summed E-state index contributed by atoms with van der Waals surface area (Å²) in [6.45, 7) is 1.60. The van der Waals surface area contributed by atoms with Gasteiger partial charge in [-0.1, -0.05) is 0 Å². The van der Waals surface area contributed by atoms with E-state index in [1.807, 2.05) is 0 Å². The number of phosphoric acid groups is 1. The lowest BCUT2D eigenvalue weighted by Crippen LogP contribution is -2.32. The number of ether oxygens (including phenoxy) is 1. The van der Waals surface area contributed by atoms with Crippen LogP contribution in [0.1, 0.15) is 13.2 Å². The number of aliphatic hydroxyl groups excluding tert-OH is 1. The zero-order valence-electron chi connectivity index (χ0n) is 12.3. The van der Waals surface area contributed by atoms with E-state index in [4.69, 9.17) is 15.0 Å². The van der Waals surface area contributed by atoms with E-state index >= 15 is 0 Å². The number of rotatable bonds is 4. The molecule has 0 saturated carbocycles. The molecule has 1 aliphatic rings. The molecule has 0 spiro atoms. The van der Waals surface area contributed by atoms with Gasteiger partial charge in [0.15, 0.2) is 17.7 Å². The first-order chi connectivity index (χ1) is 10.8. The molecule has 1 aliphatic heterocycles. The second kappa shape index (κ2) is 5.78. The lowest BCUT2D eigenvalue weighted by Gasteiger charge is -2.20. The smallest absolute Gasteiger partial charge is 0.386 e. The molecular formula is C11H16N5O6P. The molecule has 1 fully saturated rings. The minimum absolute atomic E-state index is 0.196. The van der Waals surface area contributed by atoms with Crippen LogP contribution in [0.25, 0.3) is 11.2 Å². The first-order valence-electron chi connectivity index (χ1n) is 6.67. The zero-order chi connectivity index (χ0) is 16.8. The first kappa shape index (κ1) is 16.2. The van der Waals surface area contributed by atoms with Gasteiger partial charge in [0, 0.05) is 7.11 Å². The Hall–Kier alpha value is -1.62. The van der Waals surface area contributed by atoms with E-state index in [2.05, 4.69) is 19.5 Å². The Kier molecular flexibility index (Phi) is 4.08. The number of anilines is 1. The quantitative estimate of drug-likeness (QED) is 0.635. The van der Waals surface area contributed by atoms with Gasteiger partial charge in [-0.05, 0) is 6.92 Å². The third-order valence-corrected chi connectivity index (χ3v) is 4.56. The van der Waals surface area contributed by atoms with Gasteiger partial charge in [0.2, 0.25) is 0 Å². The van der Waals surface area contributed by atoms with Gasteiger partial charge in [-0.25, -0.2) is 19.5 Å². The van der Waals surface area contributed by atoms with Crippen molar-refractivity contribution < 1.29 is 28.3 Å². The molecule has 2 aromatic heterocycles. The largest absolute Gasteiger partial charge is 0.472 e. The van der Waals surface area contributed by atoms with E-state index in [0.717, 1.165) is 7.11 Å². The number of hydrogen-bond donors (Lipinski definition) is 3. The molecule has 5 unspecified atom stereocenters. The van der Waals surface area contributed by atoms with Gasteiger partial charge in [0.05, 0.1) is 12.4 Å². The molecule has 126 valence electrons. The summed E-state index contributed by atoms with van der Waals surface area (Å²) in [7, 11) is -3.23. The van der Waals surface area contributed by atoms with Crippen molar-refractivity contribution in [3.63, 3.8) is 0 Å². The maximum atomic E-state index is 11.6. The van der Waals surface area contributed by atoms with Crippen molar-refractivity contribution in [1.29, 1.82) is 0 Å². The SMILES string of the molecule is COP(=O)(O)OC1C(C)OC(n2cnc3c(N)ncnc32)C1O. The molecule has 0 aliphatic carbocycles. The van der Waals surface area contributed by atoms with Crippen LogP contribution in [-0.4, -0.2) is 54.9 Å². The Labute approximate surface area is 130 Å². The number of nitrogens with zero attached hydrogens (tertiary/aromatic N) is 4. The number of aromatic nitrogens is 4. The summed E-state index contributed by atoms with van der Waals surface area (Å²) in [4.78, 5) is 21.4. The van der Waals surface area contributed by atoms with E-state index in [9.17, 15) is 14.6 Å². The lowest BCUT2D eigenvalue weighted by atomic mass is 10.1. The minimum atomic E-state index is -4.27. The van der Waals surface area contributed by atoms with Crippen molar-refractivity contribution in [3.05, 3.63) is 12.7 Å². The highest BCUT2D eigenvalue weighted by atomic mass is 31.2. The topological polar surface area (TPSA) is 155 Å². The molecule has 23 heavy (non-hydrogen) atoms. The van der Waals surface area contributed by atoms with Gasteiger partial charge in [-0.2, -0.15) is 0 Å². The van der Waals surface area contributed by atoms with Crippen LogP contribution in [0.4, 0.5) is 5.82 Å². The van der Waals surface area contributed by atoms with Crippen LogP contribution in [0.15, 0.2) is 12.7 Å². The summed E-state index contributed by atoms with van der Waals surface area (Å²) in [6, 6.07) is 0. The third kappa shape index (κ3) is 2.82. The fourth-order valence-corrected chi connectivity index (χ4v) is 3.14. The molecule has 4 N–H and O–H groups in total. The molecule has 0 aromatic carbocycles. The van der Waals surface area contributed by atoms with Crippen molar-refractivity contribution in [3.8, 4) is 0 Å². The van der Waals surface area contributed by atoms with Crippen molar-refractivity contribution in [2.24, 2.45) is 0 Å². The van der Waals surface area contributed by atoms with E-state index in [0.29, 0.717) is 11.2 Å². The van der Waals surface area contributed by atoms with Crippen LogP contribution in [0.5, 0.6) is 0 Å². The van der Waals surface area contributed by atoms with E-state index in [-0.39, 0.29) is 5.82 Å². The minimum Gasteiger partial charge on any atom is -0.386 e. The predicted molar refractivity (Wildman–Crippen MR) is 77.0 cm³/mol. The predicted octanol–water partition coefficient (Wildman–Crippen LogP) is -0.181. The Bertz CT molecular complexity index is 768. The average molecular weight is 345 g/mol. The van der Waals surface area contributed by atoms with Crippen LogP contribution in [0.3, 0.4) is 0 Å². The maximum Gasteiger partial charge on any atom is 0.472 e. The molecule has 12 heteroatoms. The standard InChI is InChI=1S/C11H16N5O6P/c1-5-8(22-23(18,19)20-2)7(17)11(21-5)16-4-15-6-9(12)13-3-14-10(6)16/h3-5,7-8,11,17H,1-2H3,(H,18,19)(H2,12,13,14). The molecule has 0 bridgehead atoms. The first-order valence-corrected chi connectivity index (χ1v) is 8.17. The number of aliphatic hydroxyl groups is 1. The molecule has 1 saturated heterocycles. The van der Waals surface area contributed by atoms with E-state index in [1.165, 1.54) is 17.2 Å². The van der Waals surface area contributed by atoms with Gasteiger partial charge in [0.25, 0.3) is 0 Å². The van der Waals surface area contributed by atoms with Crippen molar-refractivity contribution in [2.45, 2.75) is 31.5 Å². The second-order valence-corrected chi connectivity index (χ2v) is 6.54. The van der Waals surface area contributed by atoms with Crippen molar-refractivity contribution >= 4 is 24.8 Å². The highest BCUT2D eigenvalue weighted by Crippen LogP contribution is 2.47. The Morgan fingerprint density at radius 1 is 1.43 bits per heavy atom. The molecular weight excluding hydrogens is 329 g/mol. The van der Waals surface area contributed by atoms with Gasteiger partial charge < -0.3 is 20.5 Å². The fourth-order valence-electron chi connectivity index (χ4n) is 2.45. The molecule has 3 heterocycles. The number of hydrogen-bond acceptors (Lipinski definition) is 9. The van der Waals surface area contributed by atoms with Crippen molar-refractivity contribution in [1.82, 2.24) is 19.5 Å². The molecule has 0 radical (unpaired) electrons.